The number of rotatable bonds is 5. The van der Waals surface area contributed by atoms with E-state index < -0.39 is 11.6 Å². The first-order valence-corrected chi connectivity index (χ1v) is 10.9. The largest absolute Gasteiger partial charge is 0.399 e. The molecule has 0 saturated carbocycles. The molecule has 33 heavy (non-hydrogen) atoms. The Morgan fingerprint density at radius 2 is 1.79 bits per heavy atom. The van der Waals surface area contributed by atoms with E-state index in [1.807, 2.05) is 32.0 Å². The first kappa shape index (κ1) is 22.9. The third-order valence-corrected chi connectivity index (χ3v) is 5.93. The number of nitrogens with zero attached hydrogens (tertiary/aromatic N) is 3. The number of hydrogen-bond acceptors (Lipinski definition) is 6. The first-order valence-electron chi connectivity index (χ1n) is 10.5. The molecule has 0 amide bonds. The lowest BCUT2D eigenvalue weighted by molar-refractivity contribution is 0.0687. The van der Waals surface area contributed by atoms with E-state index >= 15 is 0 Å². The van der Waals surface area contributed by atoms with E-state index in [0.717, 1.165) is 22.0 Å². The minimum absolute atomic E-state index is 0.340. The van der Waals surface area contributed by atoms with E-state index in [2.05, 4.69) is 20.3 Å². The second kappa shape index (κ2) is 8.57. The van der Waals surface area contributed by atoms with Gasteiger partial charge in [0.1, 0.15) is 11.4 Å². The highest BCUT2D eigenvalue weighted by molar-refractivity contribution is 6.35. The van der Waals surface area contributed by atoms with Crippen LogP contribution in [0.1, 0.15) is 43.9 Å². The van der Waals surface area contributed by atoms with E-state index in [1.165, 1.54) is 12.1 Å². The van der Waals surface area contributed by atoms with Gasteiger partial charge >= 0.3 is 0 Å². The molecule has 4 N–H and O–H groups in total. The van der Waals surface area contributed by atoms with Gasteiger partial charge in [-0.3, -0.25) is 4.98 Å². The summed E-state index contributed by atoms with van der Waals surface area (Å²) >= 11 is 6.65. The van der Waals surface area contributed by atoms with Crippen molar-refractivity contribution < 1.29 is 9.50 Å². The number of aliphatic hydroxyl groups is 1. The lowest BCUT2D eigenvalue weighted by Gasteiger charge is -2.20. The number of nitrogen functional groups attached to an aromatic ring is 1. The molecule has 4 aromatic rings. The second-order valence-electron chi connectivity index (χ2n) is 8.62. The number of nitrogens with two attached hydrogens (primary N) is 1. The average molecular weight is 466 g/mol. The lowest BCUT2D eigenvalue weighted by atomic mass is 10.0. The molecule has 1 unspecified atom stereocenters. The number of halogens is 2. The Labute approximate surface area is 196 Å². The highest BCUT2D eigenvalue weighted by atomic mass is 35.5. The van der Waals surface area contributed by atoms with Crippen LogP contribution in [0.25, 0.3) is 22.0 Å². The summed E-state index contributed by atoms with van der Waals surface area (Å²) in [7, 11) is 0. The number of fused-ring (bicyclic) bond motifs is 1. The number of anilines is 2. The Kier molecular flexibility index (Phi) is 5.95. The van der Waals surface area contributed by atoms with Crippen molar-refractivity contribution >= 4 is 33.9 Å². The first-order chi connectivity index (χ1) is 15.5. The predicted molar refractivity (Wildman–Crippen MR) is 131 cm³/mol. The van der Waals surface area contributed by atoms with Gasteiger partial charge in [-0.15, -0.1) is 0 Å². The van der Waals surface area contributed by atoms with Crippen molar-refractivity contribution in [3.8, 4) is 11.1 Å². The molecule has 0 saturated heterocycles. The quantitative estimate of drug-likeness (QED) is 0.323. The molecule has 2 heterocycles. The lowest BCUT2D eigenvalue weighted by Crippen LogP contribution is -2.19. The highest BCUT2D eigenvalue weighted by Gasteiger charge is 2.20. The van der Waals surface area contributed by atoms with E-state index in [-0.39, 0.29) is 5.82 Å². The van der Waals surface area contributed by atoms with Crippen molar-refractivity contribution in [2.45, 2.75) is 39.3 Å². The number of aryl methyl sites for hydroxylation is 1. The van der Waals surface area contributed by atoms with Crippen molar-refractivity contribution in [3.05, 3.63) is 76.7 Å². The Balaban J connectivity index is 1.79. The maximum atomic E-state index is 14.4. The fraction of sp³-hybridized carbons (Fsp3) is 0.240. The van der Waals surface area contributed by atoms with E-state index in [9.17, 15) is 9.50 Å². The van der Waals surface area contributed by atoms with E-state index in [1.54, 1.807) is 32.3 Å². The minimum Gasteiger partial charge on any atom is -0.399 e. The van der Waals surface area contributed by atoms with Gasteiger partial charge in [-0.25, -0.2) is 14.4 Å². The molecule has 0 aliphatic heterocycles. The topological polar surface area (TPSA) is 97.0 Å². The maximum Gasteiger partial charge on any atom is 0.159 e. The predicted octanol–water partition coefficient (Wildman–Crippen LogP) is 5.78. The van der Waals surface area contributed by atoms with Crippen molar-refractivity contribution in [2.24, 2.45) is 0 Å². The Morgan fingerprint density at radius 1 is 1.09 bits per heavy atom. The van der Waals surface area contributed by atoms with Gasteiger partial charge < -0.3 is 16.2 Å². The summed E-state index contributed by atoms with van der Waals surface area (Å²) in [5, 5.41) is 14.7. The Morgan fingerprint density at radius 3 is 2.45 bits per heavy atom. The monoisotopic (exact) mass is 465 g/mol. The van der Waals surface area contributed by atoms with Crippen LogP contribution in [0.4, 0.5) is 15.8 Å². The fourth-order valence-electron chi connectivity index (χ4n) is 3.66. The number of hydrogen-bond donors (Lipinski definition) is 3. The molecule has 1 atom stereocenters. The molecule has 4 rings (SSSR count). The second-order valence-corrected chi connectivity index (χ2v) is 9.00. The van der Waals surface area contributed by atoms with Gasteiger partial charge in [0.15, 0.2) is 5.82 Å². The van der Waals surface area contributed by atoms with Crippen molar-refractivity contribution in [1.82, 2.24) is 15.0 Å². The van der Waals surface area contributed by atoms with Gasteiger partial charge in [0, 0.05) is 34.6 Å². The molecule has 0 fully saturated rings. The van der Waals surface area contributed by atoms with Crippen LogP contribution in [0.2, 0.25) is 5.02 Å². The van der Waals surface area contributed by atoms with Gasteiger partial charge in [0.2, 0.25) is 0 Å². The Hall–Kier alpha value is -3.29. The SMILES string of the molecule is Cc1nc2ccc(-c3cnc(C(C)(C)O)nc3)cc2c(NC(C)c2cc(N)ccc2F)c1Cl. The van der Waals surface area contributed by atoms with Crippen LogP contribution in [0.3, 0.4) is 0 Å². The highest BCUT2D eigenvalue weighted by Crippen LogP contribution is 2.37. The van der Waals surface area contributed by atoms with E-state index in [4.69, 9.17) is 17.3 Å². The van der Waals surface area contributed by atoms with Crippen LogP contribution >= 0.6 is 11.6 Å². The third kappa shape index (κ3) is 4.60. The molecular weight excluding hydrogens is 441 g/mol. The summed E-state index contributed by atoms with van der Waals surface area (Å²) in [5.74, 6) is -0.00661. The molecule has 0 aliphatic rings. The van der Waals surface area contributed by atoms with Crippen LogP contribution in [-0.2, 0) is 5.60 Å². The molecule has 8 heteroatoms. The van der Waals surface area contributed by atoms with Crippen molar-refractivity contribution in [1.29, 1.82) is 0 Å². The molecular formula is C25H25ClFN5O. The molecule has 6 nitrogen and oxygen atoms in total. The minimum atomic E-state index is -1.12. The Bertz CT molecular complexity index is 1340. The zero-order valence-corrected chi connectivity index (χ0v) is 19.6. The van der Waals surface area contributed by atoms with Crippen molar-refractivity contribution in [2.75, 3.05) is 11.1 Å². The number of pyridine rings is 1. The number of nitrogens with one attached hydrogen (secondary N) is 1. The average Bonchev–Trinajstić information content (AvgIpc) is 2.77. The smallest absolute Gasteiger partial charge is 0.159 e. The summed E-state index contributed by atoms with van der Waals surface area (Å²) in [6, 6.07) is 9.88. The maximum absolute atomic E-state index is 14.4. The standard InChI is InChI=1S/C25H25ClFN5O/c1-13(18-10-17(28)6-7-20(18)27)32-23-19-9-15(5-8-21(19)31-14(2)22(23)26)16-11-29-24(30-12-16)25(3,4)33/h5-13,33H,28H2,1-4H3,(H,31,32). The summed E-state index contributed by atoms with van der Waals surface area (Å²) in [5.41, 5.74) is 9.38. The summed E-state index contributed by atoms with van der Waals surface area (Å²) < 4.78 is 14.4. The normalized spacial score (nSPS) is 12.7. The molecule has 2 aromatic heterocycles. The van der Waals surface area contributed by atoms with Gasteiger partial charge in [-0.1, -0.05) is 17.7 Å². The van der Waals surface area contributed by atoms with Crippen LogP contribution in [0.5, 0.6) is 0 Å². The molecule has 0 aliphatic carbocycles. The van der Waals surface area contributed by atoms with Crippen LogP contribution < -0.4 is 11.1 Å². The molecule has 0 spiro atoms. The summed E-state index contributed by atoms with van der Waals surface area (Å²) in [6.07, 6.45) is 3.34. The number of aromatic nitrogens is 3. The van der Waals surface area contributed by atoms with Crippen LogP contribution in [0.15, 0.2) is 48.8 Å². The zero-order chi connectivity index (χ0) is 23.9. The molecule has 170 valence electrons. The van der Waals surface area contributed by atoms with Gasteiger partial charge in [-0.05, 0) is 63.6 Å². The molecule has 0 bridgehead atoms. The van der Waals surface area contributed by atoms with Crippen LogP contribution in [-0.4, -0.2) is 20.1 Å². The van der Waals surface area contributed by atoms with Gasteiger partial charge in [0.25, 0.3) is 0 Å². The summed E-state index contributed by atoms with van der Waals surface area (Å²) in [4.78, 5) is 13.2. The van der Waals surface area contributed by atoms with Gasteiger partial charge in [0.05, 0.1) is 28.0 Å². The summed E-state index contributed by atoms with van der Waals surface area (Å²) in [6.45, 7) is 6.95. The van der Waals surface area contributed by atoms with Crippen LogP contribution in [0, 0.1) is 12.7 Å². The zero-order valence-electron chi connectivity index (χ0n) is 18.8. The third-order valence-electron chi connectivity index (χ3n) is 5.47. The van der Waals surface area contributed by atoms with E-state index in [0.29, 0.717) is 33.5 Å². The molecule has 0 radical (unpaired) electrons. The van der Waals surface area contributed by atoms with Gasteiger partial charge in [-0.2, -0.15) is 0 Å². The fourth-order valence-corrected chi connectivity index (χ4v) is 3.86. The van der Waals surface area contributed by atoms with Crippen molar-refractivity contribution in [3.63, 3.8) is 0 Å². The molecule has 2 aromatic carbocycles. The number of benzene rings is 2.